The van der Waals surface area contributed by atoms with Crippen molar-refractivity contribution in [3.8, 4) is 11.3 Å². The maximum Gasteiger partial charge on any atom is 0.414 e. The molecule has 12 nitrogen and oxygen atoms in total. The summed E-state index contributed by atoms with van der Waals surface area (Å²) < 4.78 is 13.2. The number of likely N-dealkylation sites (N-methyl/N-ethyl adjacent to an activating group) is 1. The summed E-state index contributed by atoms with van der Waals surface area (Å²) in [6, 6.07) is 14.6. The van der Waals surface area contributed by atoms with Gasteiger partial charge in [-0.2, -0.15) is 0 Å². The van der Waals surface area contributed by atoms with Gasteiger partial charge in [-0.05, 0) is 30.8 Å². The van der Waals surface area contributed by atoms with E-state index in [1.807, 2.05) is 12.1 Å². The maximum atomic E-state index is 13.2. The van der Waals surface area contributed by atoms with Crippen molar-refractivity contribution >= 4 is 40.5 Å². The normalized spacial score (nSPS) is 13.0. The Labute approximate surface area is 210 Å². The van der Waals surface area contributed by atoms with E-state index in [1.54, 1.807) is 12.1 Å². The van der Waals surface area contributed by atoms with Crippen molar-refractivity contribution in [3.05, 3.63) is 54.3 Å². The highest BCUT2D eigenvalue weighted by Gasteiger charge is 2.20. The van der Waals surface area contributed by atoms with Gasteiger partial charge < -0.3 is 30.2 Å². The van der Waals surface area contributed by atoms with E-state index >= 15 is 0 Å². The van der Waals surface area contributed by atoms with Crippen LogP contribution in [0.1, 0.15) is 6.92 Å². The molecule has 0 bridgehead atoms. The van der Waals surface area contributed by atoms with Crippen LogP contribution in [0.25, 0.3) is 22.0 Å². The predicted octanol–water partition coefficient (Wildman–Crippen LogP) is 1.89. The lowest BCUT2D eigenvalue weighted by Crippen LogP contribution is -2.46. The number of hydrogen-bond donors (Lipinski definition) is 4. The molecule has 1 saturated heterocycles. The first-order valence-corrected chi connectivity index (χ1v) is 11.0. The Hall–Kier alpha value is -4.65. The minimum atomic E-state index is -1.82. The van der Waals surface area contributed by atoms with Gasteiger partial charge in [-0.15, -0.1) is 10.2 Å². The zero-order valence-corrected chi connectivity index (χ0v) is 19.7. The van der Waals surface area contributed by atoms with Gasteiger partial charge in [0.05, 0.1) is 0 Å². The number of rotatable bonds is 3. The zero-order chi connectivity index (χ0) is 27.5. The van der Waals surface area contributed by atoms with Crippen LogP contribution in [-0.2, 0) is 19.2 Å². The van der Waals surface area contributed by atoms with Crippen LogP contribution in [0.15, 0.2) is 48.5 Å². The SMILES string of the molecule is CCN1CCN(c2nnc(-c3ccc(F)cc3)c3ccccc23)CC1.O=C(O)C(=O)O.O=C(O)C(=O)O. The maximum absolute atomic E-state index is 13.2. The van der Waals surface area contributed by atoms with Gasteiger partial charge in [0, 0.05) is 42.5 Å². The first-order valence-electron chi connectivity index (χ1n) is 11.0. The molecule has 0 aliphatic carbocycles. The lowest BCUT2D eigenvalue weighted by molar-refractivity contribution is -0.159. The number of aliphatic carboxylic acids is 4. The third kappa shape index (κ3) is 8.21. The van der Waals surface area contributed by atoms with Gasteiger partial charge in [0.1, 0.15) is 11.5 Å². The fraction of sp³-hybridized carbons (Fsp3) is 0.250. The number of hydrogen-bond acceptors (Lipinski definition) is 8. The highest BCUT2D eigenvalue weighted by atomic mass is 19.1. The highest BCUT2D eigenvalue weighted by molar-refractivity contribution is 6.27. The number of halogens is 1. The van der Waals surface area contributed by atoms with E-state index in [0.717, 1.165) is 60.6 Å². The summed E-state index contributed by atoms with van der Waals surface area (Å²) in [5.41, 5.74) is 1.68. The Morgan fingerprint density at radius 3 is 1.70 bits per heavy atom. The molecule has 2 heterocycles. The van der Waals surface area contributed by atoms with Crippen molar-refractivity contribution in [2.24, 2.45) is 0 Å². The third-order valence-corrected chi connectivity index (χ3v) is 5.27. The third-order valence-electron chi connectivity index (χ3n) is 5.27. The van der Waals surface area contributed by atoms with Gasteiger partial charge in [-0.1, -0.05) is 31.2 Å². The summed E-state index contributed by atoms with van der Waals surface area (Å²) in [5, 5.41) is 40.8. The Morgan fingerprint density at radius 2 is 1.24 bits per heavy atom. The fourth-order valence-electron chi connectivity index (χ4n) is 3.42. The van der Waals surface area contributed by atoms with E-state index in [9.17, 15) is 4.39 Å². The molecule has 37 heavy (non-hydrogen) atoms. The van der Waals surface area contributed by atoms with Gasteiger partial charge in [0.2, 0.25) is 0 Å². The smallest absolute Gasteiger partial charge is 0.414 e. The molecule has 0 unspecified atom stereocenters. The quantitative estimate of drug-likeness (QED) is 0.372. The van der Waals surface area contributed by atoms with E-state index in [0.29, 0.717) is 0 Å². The van der Waals surface area contributed by atoms with Gasteiger partial charge >= 0.3 is 23.9 Å². The number of anilines is 1. The molecule has 4 rings (SSSR count). The molecule has 0 radical (unpaired) electrons. The van der Waals surface area contributed by atoms with E-state index in [2.05, 4.69) is 39.1 Å². The molecule has 0 atom stereocenters. The lowest BCUT2D eigenvalue weighted by atomic mass is 10.0. The summed E-state index contributed by atoms with van der Waals surface area (Å²) in [7, 11) is 0. The molecule has 4 N–H and O–H groups in total. The predicted molar refractivity (Wildman–Crippen MR) is 130 cm³/mol. The van der Waals surface area contributed by atoms with Gasteiger partial charge in [0.25, 0.3) is 0 Å². The molecule has 13 heteroatoms. The fourth-order valence-corrected chi connectivity index (χ4v) is 3.42. The topological polar surface area (TPSA) is 181 Å². The Morgan fingerprint density at radius 1 is 0.757 bits per heavy atom. The molecule has 0 spiro atoms. The molecule has 1 aromatic heterocycles. The zero-order valence-electron chi connectivity index (χ0n) is 19.7. The largest absolute Gasteiger partial charge is 0.473 e. The highest BCUT2D eigenvalue weighted by Crippen LogP contribution is 2.31. The van der Waals surface area contributed by atoms with E-state index < -0.39 is 23.9 Å². The molecule has 1 aliphatic rings. The van der Waals surface area contributed by atoms with Gasteiger partial charge in [-0.3, -0.25) is 0 Å². The number of benzene rings is 2. The number of carboxylic acid groups (broad SMARTS) is 4. The molecule has 1 aliphatic heterocycles. The number of carboxylic acids is 4. The molecule has 1 fully saturated rings. The minimum Gasteiger partial charge on any atom is -0.473 e. The van der Waals surface area contributed by atoms with Crippen molar-refractivity contribution < 1.29 is 44.0 Å². The molecular weight excluding hydrogens is 491 g/mol. The van der Waals surface area contributed by atoms with Crippen LogP contribution in [0.5, 0.6) is 0 Å². The van der Waals surface area contributed by atoms with Crippen molar-refractivity contribution in [2.45, 2.75) is 6.92 Å². The number of piperazine rings is 1. The van der Waals surface area contributed by atoms with Crippen molar-refractivity contribution in [1.82, 2.24) is 15.1 Å². The van der Waals surface area contributed by atoms with Crippen LogP contribution in [0.2, 0.25) is 0 Å². The monoisotopic (exact) mass is 516 g/mol. The first kappa shape index (κ1) is 28.6. The summed E-state index contributed by atoms with van der Waals surface area (Å²) in [6.07, 6.45) is 0. The molecule has 0 amide bonds. The number of aromatic nitrogens is 2. The Balaban J connectivity index is 0.000000336. The number of nitrogens with zero attached hydrogens (tertiary/aromatic N) is 4. The average Bonchev–Trinajstić information content (AvgIpc) is 2.89. The Kier molecular flexibility index (Phi) is 10.4. The van der Waals surface area contributed by atoms with E-state index in [1.165, 1.54) is 12.1 Å². The summed E-state index contributed by atoms with van der Waals surface area (Å²) in [4.78, 5) is 41.2. The second kappa shape index (κ2) is 13.4. The van der Waals surface area contributed by atoms with Crippen LogP contribution in [0.4, 0.5) is 10.2 Å². The summed E-state index contributed by atoms with van der Waals surface area (Å²) >= 11 is 0. The number of fused-ring (bicyclic) bond motifs is 1. The first-order chi connectivity index (χ1) is 17.5. The van der Waals surface area contributed by atoms with E-state index in [-0.39, 0.29) is 5.82 Å². The number of carbonyl (C=O) groups is 4. The van der Waals surface area contributed by atoms with Crippen LogP contribution < -0.4 is 4.90 Å². The van der Waals surface area contributed by atoms with E-state index in [4.69, 9.17) is 39.6 Å². The average molecular weight is 516 g/mol. The van der Waals surface area contributed by atoms with Crippen molar-refractivity contribution in [3.63, 3.8) is 0 Å². The van der Waals surface area contributed by atoms with Gasteiger partial charge in [-0.25, -0.2) is 23.6 Å². The van der Waals surface area contributed by atoms with Crippen molar-refractivity contribution in [2.75, 3.05) is 37.6 Å². The second-order valence-electron chi connectivity index (χ2n) is 7.57. The van der Waals surface area contributed by atoms with Crippen LogP contribution in [0.3, 0.4) is 0 Å². The Bertz CT molecular complexity index is 1210. The molecule has 0 saturated carbocycles. The standard InChI is InChI=1S/C20H21FN4.2C2H2O4/c1-2-24-11-13-25(14-12-24)20-18-6-4-3-5-17(18)19(22-23-20)15-7-9-16(21)10-8-15;2*3-1(4)2(5)6/h3-10H,2,11-14H2,1H3;2*(H,3,4)(H,5,6). The minimum absolute atomic E-state index is 0.244. The summed E-state index contributed by atoms with van der Waals surface area (Å²) in [5.74, 6) is -6.60. The van der Waals surface area contributed by atoms with Crippen LogP contribution >= 0.6 is 0 Å². The molecule has 3 aromatic rings. The molecule has 2 aromatic carbocycles. The van der Waals surface area contributed by atoms with Crippen LogP contribution in [0, 0.1) is 5.82 Å². The second-order valence-corrected chi connectivity index (χ2v) is 7.57. The molecule has 196 valence electrons. The summed E-state index contributed by atoms with van der Waals surface area (Å²) in [6.45, 7) is 7.30. The lowest BCUT2D eigenvalue weighted by Gasteiger charge is -2.35. The molecular formula is C24H25FN4O8. The van der Waals surface area contributed by atoms with Crippen LogP contribution in [-0.4, -0.2) is 92.1 Å². The van der Waals surface area contributed by atoms with Gasteiger partial charge in [0.15, 0.2) is 5.82 Å². The van der Waals surface area contributed by atoms with Crippen molar-refractivity contribution in [1.29, 1.82) is 0 Å².